The van der Waals surface area contributed by atoms with E-state index in [0.717, 1.165) is 32.2 Å². The number of hydrogen-bond acceptors (Lipinski definition) is 4. The van der Waals surface area contributed by atoms with Crippen LogP contribution in [-0.2, 0) is 27.7 Å². The molecule has 1 atom stereocenters. The standard InChI is InChI=1S/C26H31N3O3S/c1-2-15-29(24-10-9-21-5-3-4-6-23(21)18-24)26(30)22-13-16-28(17-14-22)33(31,32)25-11-7-20(19-27)8-12-25/h3-8,11-12,22,24H,2,9-10,13-18H2,1H3. The molecule has 2 aliphatic rings. The molecule has 1 unspecified atom stereocenters. The summed E-state index contributed by atoms with van der Waals surface area (Å²) < 4.78 is 27.5. The Bertz CT molecular complexity index is 1130. The first-order valence-electron chi connectivity index (χ1n) is 11.8. The predicted octanol–water partition coefficient (Wildman–Crippen LogP) is 3.76. The average molecular weight is 466 g/mol. The maximum absolute atomic E-state index is 13.5. The Balaban J connectivity index is 1.41. The van der Waals surface area contributed by atoms with Crippen LogP contribution < -0.4 is 0 Å². The van der Waals surface area contributed by atoms with Crippen LogP contribution in [0.3, 0.4) is 0 Å². The van der Waals surface area contributed by atoms with Gasteiger partial charge in [-0.25, -0.2) is 8.42 Å². The molecule has 0 saturated carbocycles. The van der Waals surface area contributed by atoms with Crippen molar-refractivity contribution in [1.82, 2.24) is 9.21 Å². The minimum absolute atomic E-state index is 0.138. The number of carbonyl (C=O) groups is 1. The molecule has 1 heterocycles. The van der Waals surface area contributed by atoms with Crippen molar-refractivity contribution in [2.24, 2.45) is 5.92 Å². The van der Waals surface area contributed by atoms with Crippen molar-refractivity contribution in [2.45, 2.75) is 56.4 Å². The zero-order valence-corrected chi connectivity index (χ0v) is 19.9. The van der Waals surface area contributed by atoms with Gasteiger partial charge in [0, 0.05) is 31.6 Å². The van der Waals surface area contributed by atoms with Gasteiger partial charge in [-0.05, 0) is 73.9 Å². The summed E-state index contributed by atoms with van der Waals surface area (Å²) in [6.45, 7) is 3.53. The molecule has 1 saturated heterocycles. The Kier molecular flexibility index (Phi) is 7.16. The van der Waals surface area contributed by atoms with Gasteiger partial charge in [-0.2, -0.15) is 9.57 Å². The van der Waals surface area contributed by atoms with Gasteiger partial charge in [-0.15, -0.1) is 0 Å². The topological polar surface area (TPSA) is 81.5 Å². The summed E-state index contributed by atoms with van der Waals surface area (Å²) in [4.78, 5) is 15.8. The lowest BCUT2D eigenvalue weighted by Crippen LogP contribution is -2.49. The van der Waals surface area contributed by atoms with Gasteiger partial charge in [0.15, 0.2) is 0 Å². The highest BCUT2D eigenvalue weighted by Crippen LogP contribution is 2.29. The number of sulfonamides is 1. The lowest BCUT2D eigenvalue weighted by molar-refractivity contribution is -0.139. The van der Waals surface area contributed by atoms with Crippen LogP contribution in [0.2, 0.25) is 0 Å². The Labute approximate surface area is 196 Å². The van der Waals surface area contributed by atoms with Crippen LogP contribution in [0.4, 0.5) is 0 Å². The van der Waals surface area contributed by atoms with E-state index < -0.39 is 10.0 Å². The van der Waals surface area contributed by atoms with E-state index in [9.17, 15) is 13.2 Å². The van der Waals surface area contributed by atoms with Crippen molar-refractivity contribution >= 4 is 15.9 Å². The van der Waals surface area contributed by atoms with Crippen molar-refractivity contribution in [3.63, 3.8) is 0 Å². The molecule has 1 amide bonds. The van der Waals surface area contributed by atoms with Gasteiger partial charge in [0.05, 0.1) is 16.5 Å². The second-order valence-corrected chi connectivity index (χ2v) is 10.9. The minimum Gasteiger partial charge on any atom is -0.339 e. The third-order valence-electron chi connectivity index (χ3n) is 6.93. The number of hydrogen-bond donors (Lipinski definition) is 0. The van der Waals surface area contributed by atoms with Crippen LogP contribution in [0.1, 0.15) is 49.3 Å². The molecule has 0 aromatic heterocycles. The number of aryl methyl sites for hydroxylation is 1. The molecular formula is C26H31N3O3S. The largest absolute Gasteiger partial charge is 0.339 e. The maximum Gasteiger partial charge on any atom is 0.243 e. The number of nitriles is 1. The highest BCUT2D eigenvalue weighted by Gasteiger charge is 2.36. The molecule has 4 rings (SSSR count). The Morgan fingerprint density at radius 1 is 1.06 bits per heavy atom. The van der Waals surface area contributed by atoms with Crippen LogP contribution in [0.25, 0.3) is 0 Å². The lowest BCUT2D eigenvalue weighted by Gasteiger charge is -2.39. The number of rotatable bonds is 6. The number of fused-ring (bicyclic) bond motifs is 1. The van der Waals surface area contributed by atoms with Gasteiger partial charge in [0.2, 0.25) is 15.9 Å². The van der Waals surface area contributed by atoms with Gasteiger partial charge in [-0.3, -0.25) is 4.79 Å². The summed E-state index contributed by atoms with van der Waals surface area (Å²) in [6, 6.07) is 16.7. The van der Waals surface area contributed by atoms with Gasteiger partial charge in [-0.1, -0.05) is 31.2 Å². The molecule has 2 aromatic rings. The third kappa shape index (κ3) is 4.97. The number of carbonyl (C=O) groups excluding carboxylic acids is 1. The molecule has 0 radical (unpaired) electrons. The molecule has 1 aliphatic carbocycles. The molecule has 2 aromatic carbocycles. The van der Waals surface area contributed by atoms with Crippen LogP contribution >= 0.6 is 0 Å². The first-order valence-corrected chi connectivity index (χ1v) is 13.3. The first-order chi connectivity index (χ1) is 15.9. The van der Waals surface area contributed by atoms with Gasteiger partial charge in [0.25, 0.3) is 0 Å². The van der Waals surface area contributed by atoms with Gasteiger partial charge >= 0.3 is 0 Å². The van der Waals surface area contributed by atoms with E-state index in [0.29, 0.717) is 31.5 Å². The summed E-state index contributed by atoms with van der Waals surface area (Å²) in [5.41, 5.74) is 3.16. The average Bonchev–Trinajstić information content (AvgIpc) is 2.86. The number of nitrogens with zero attached hydrogens (tertiary/aromatic N) is 3. The Morgan fingerprint density at radius 3 is 2.36 bits per heavy atom. The Morgan fingerprint density at radius 2 is 1.73 bits per heavy atom. The van der Waals surface area contributed by atoms with E-state index in [4.69, 9.17) is 5.26 Å². The highest BCUT2D eigenvalue weighted by atomic mass is 32.2. The number of benzene rings is 2. The normalized spacial score (nSPS) is 19.5. The minimum atomic E-state index is -3.62. The summed E-state index contributed by atoms with van der Waals surface area (Å²) in [5, 5.41) is 8.94. The zero-order chi connectivity index (χ0) is 23.4. The van der Waals surface area contributed by atoms with Crippen LogP contribution in [0.5, 0.6) is 0 Å². The predicted molar refractivity (Wildman–Crippen MR) is 127 cm³/mol. The molecule has 6 nitrogen and oxygen atoms in total. The number of piperidine rings is 1. The van der Waals surface area contributed by atoms with E-state index in [1.807, 2.05) is 6.07 Å². The Hall–Kier alpha value is -2.69. The second-order valence-electron chi connectivity index (χ2n) is 9.01. The molecule has 0 bridgehead atoms. The van der Waals surface area contributed by atoms with Crippen molar-refractivity contribution in [1.29, 1.82) is 5.26 Å². The van der Waals surface area contributed by atoms with Gasteiger partial charge in [0.1, 0.15) is 0 Å². The molecule has 1 fully saturated rings. The van der Waals surface area contributed by atoms with Crippen molar-refractivity contribution in [2.75, 3.05) is 19.6 Å². The quantitative estimate of drug-likeness (QED) is 0.651. The van der Waals surface area contributed by atoms with E-state index in [1.165, 1.54) is 39.7 Å². The van der Waals surface area contributed by atoms with Crippen molar-refractivity contribution in [3.8, 4) is 6.07 Å². The fourth-order valence-electron chi connectivity index (χ4n) is 5.09. The fraction of sp³-hybridized carbons (Fsp3) is 0.462. The summed E-state index contributed by atoms with van der Waals surface area (Å²) >= 11 is 0. The van der Waals surface area contributed by atoms with Gasteiger partial charge < -0.3 is 4.90 Å². The molecule has 0 N–H and O–H groups in total. The van der Waals surface area contributed by atoms with E-state index in [-0.39, 0.29) is 22.8 Å². The van der Waals surface area contributed by atoms with E-state index in [2.05, 4.69) is 36.1 Å². The molecule has 174 valence electrons. The lowest BCUT2D eigenvalue weighted by atomic mass is 9.86. The molecular weight excluding hydrogens is 434 g/mol. The van der Waals surface area contributed by atoms with E-state index in [1.54, 1.807) is 0 Å². The van der Waals surface area contributed by atoms with Crippen LogP contribution in [0.15, 0.2) is 53.4 Å². The monoisotopic (exact) mass is 465 g/mol. The maximum atomic E-state index is 13.5. The highest BCUT2D eigenvalue weighted by molar-refractivity contribution is 7.89. The summed E-state index contributed by atoms with van der Waals surface area (Å²) in [7, 11) is -3.62. The summed E-state index contributed by atoms with van der Waals surface area (Å²) in [5.74, 6) is 0.0396. The molecule has 1 aliphatic heterocycles. The van der Waals surface area contributed by atoms with Crippen molar-refractivity contribution in [3.05, 3.63) is 65.2 Å². The zero-order valence-electron chi connectivity index (χ0n) is 19.1. The number of amides is 1. The second kappa shape index (κ2) is 10.1. The molecule has 33 heavy (non-hydrogen) atoms. The van der Waals surface area contributed by atoms with Crippen LogP contribution in [0, 0.1) is 17.2 Å². The third-order valence-corrected chi connectivity index (χ3v) is 8.85. The van der Waals surface area contributed by atoms with E-state index >= 15 is 0 Å². The smallest absolute Gasteiger partial charge is 0.243 e. The van der Waals surface area contributed by atoms with Crippen LogP contribution in [-0.4, -0.2) is 49.2 Å². The summed E-state index contributed by atoms with van der Waals surface area (Å²) in [6.07, 6.45) is 4.86. The SMILES string of the molecule is CCCN(C(=O)C1CCN(S(=O)(=O)c2ccc(C#N)cc2)CC1)C1CCc2ccccc2C1. The molecule has 7 heteroatoms. The molecule has 0 spiro atoms. The van der Waals surface area contributed by atoms with Crippen molar-refractivity contribution < 1.29 is 13.2 Å². The first kappa shape index (κ1) is 23.5. The fourth-order valence-corrected chi connectivity index (χ4v) is 6.56.